The van der Waals surface area contributed by atoms with Crippen molar-refractivity contribution in [1.29, 1.82) is 0 Å². The first-order valence-electron chi connectivity index (χ1n) is 9.56. The van der Waals surface area contributed by atoms with Crippen molar-refractivity contribution in [2.45, 2.75) is 19.8 Å². The van der Waals surface area contributed by atoms with Crippen molar-refractivity contribution in [2.24, 2.45) is 0 Å². The van der Waals surface area contributed by atoms with Crippen molar-refractivity contribution in [3.05, 3.63) is 91.0 Å². The number of hydrogen-bond donors (Lipinski definition) is 0. The average molecular weight is 378 g/mol. The van der Waals surface area contributed by atoms with Crippen LogP contribution in [-0.2, 0) is 0 Å². The summed E-state index contributed by atoms with van der Waals surface area (Å²) in [4.78, 5) is 0. The molecular weight excluding hydrogens is 350 g/mol. The van der Waals surface area contributed by atoms with Crippen molar-refractivity contribution in [1.82, 2.24) is 0 Å². The van der Waals surface area contributed by atoms with Gasteiger partial charge in [-0.15, -0.1) is 0 Å². The van der Waals surface area contributed by atoms with E-state index in [2.05, 4.69) is 97.9 Å². The second-order valence-electron chi connectivity index (χ2n) is 6.45. The topological polar surface area (TPSA) is 0 Å². The van der Waals surface area contributed by atoms with Gasteiger partial charge < -0.3 is 0 Å². The zero-order chi connectivity index (χ0) is 18.0. The van der Waals surface area contributed by atoms with E-state index in [1.165, 1.54) is 41.9 Å². The molecule has 3 aromatic carbocycles. The zero-order valence-electron chi connectivity index (χ0n) is 15.6. The Morgan fingerprint density at radius 1 is 0.538 bits per heavy atom. The first kappa shape index (κ1) is 19.3. The molecule has 26 heavy (non-hydrogen) atoms. The maximum atomic E-state index is 2.35. The molecule has 0 fully saturated rings. The number of rotatable bonds is 9. The molecule has 134 valence electrons. The van der Waals surface area contributed by atoms with E-state index in [-0.39, 0.29) is 15.8 Å². The Hall–Kier alpha value is -1.48. The summed E-state index contributed by atoms with van der Waals surface area (Å²) >= 11 is 0. The van der Waals surface area contributed by atoms with Crippen LogP contribution in [0.15, 0.2) is 91.0 Å². The fourth-order valence-electron chi connectivity index (χ4n) is 3.30. The van der Waals surface area contributed by atoms with Crippen molar-refractivity contribution in [2.75, 3.05) is 18.5 Å². The Morgan fingerprint density at radius 3 is 1.42 bits per heavy atom. The van der Waals surface area contributed by atoms with Gasteiger partial charge in [-0.25, -0.2) is 0 Å². The molecule has 0 aliphatic heterocycles. The zero-order valence-corrected chi connectivity index (χ0v) is 17.4. The SMILES string of the molecule is CCP(CCCCP(c1ccccc1)c1ccccc1)c1ccccc1. The smallest absolute Gasteiger partial charge is 0.0195 e. The fourth-order valence-corrected chi connectivity index (χ4v) is 7.86. The molecule has 1 unspecified atom stereocenters. The van der Waals surface area contributed by atoms with Crippen molar-refractivity contribution in [3.8, 4) is 0 Å². The lowest BCUT2D eigenvalue weighted by Gasteiger charge is -2.20. The van der Waals surface area contributed by atoms with Gasteiger partial charge in [-0.05, 0) is 55.2 Å². The van der Waals surface area contributed by atoms with E-state index in [0.29, 0.717) is 0 Å². The molecule has 0 aliphatic carbocycles. The Bertz CT molecular complexity index is 701. The average Bonchev–Trinajstić information content (AvgIpc) is 2.73. The lowest BCUT2D eigenvalue weighted by molar-refractivity contribution is 0.899. The number of unbranched alkanes of at least 4 members (excludes halogenated alkanes) is 1. The molecule has 3 aromatic rings. The van der Waals surface area contributed by atoms with Crippen molar-refractivity contribution < 1.29 is 0 Å². The van der Waals surface area contributed by atoms with E-state index in [1.807, 2.05) is 0 Å². The predicted octanol–water partition coefficient (Wildman–Crippen LogP) is 5.73. The minimum Gasteiger partial charge on any atom is -0.0756 e. The molecular formula is C24H28P2. The standard InChI is InChI=1S/C24H28P2/c1-2-25(22-14-6-3-7-15-22)20-12-13-21-26(23-16-8-4-9-17-23)24-18-10-5-11-19-24/h3-11,14-19H,2,12-13,20-21H2,1H3. The molecule has 0 amide bonds. The van der Waals surface area contributed by atoms with E-state index < -0.39 is 0 Å². The van der Waals surface area contributed by atoms with E-state index in [0.717, 1.165) is 0 Å². The summed E-state index contributed by atoms with van der Waals surface area (Å²) in [7, 11) is -0.219. The van der Waals surface area contributed by atoms with Crippen LogP contribution < -0.4 is 15.9 Å². The van der Waals surface area contributed by atoms with Crippen LogP contribution in [0.2, 0.25) is 0 Å². The van der Waals surface area contributed by atoms with Crippen LogP contribution in [-0.4, -0.2) is 18.5 Å². The lowest BCUT2D eigenvalue weighted by atomic mass is 10.4. The molecule has 0 radical (unpaired) electrons. The maximum absolute atomic E-state index is 2.35. The summed E-state index contributed by atoms with van der Waals surface area (Å²) in [5.41, 5.74) is 0. The Kier molecular flexibility index (Phi) is 7.87. The van der Waals surface area contributed by atoms with Gasteiger partial charge in [0.05, 0.1) is 0 Å². The van der Waals surface area contributed by atoms with Gasteiger partial charge in [0.2, 0.25) is 0 Å². The van der Waals surface area contributed by atoms with Crippen LogP contribution in [0.1, 0.15) is 19.8 Å². The third-order valence-electron chi connectivity index (χ3n) is 4.70. The molecule has 1 atom stereocenters. The predicted molar refractivity (Wildman–Crippen MR) is 122 cm³/mol. The van der Waals surface area contributed by atoms with Gasteiger partial charge in [-0.3, -0.25) is 0 Å². The molecule has 0 bridgehead atoms. The summed E-state index contributed by atoms with van der Waals surface area (Å²) in [5, 5.41) is 4.59. The van der Waals surface area contributed by atoms with E-state index in [9.17, 15) is 0 Å². The summed E-state index contributed by atoms with van der Waals surface area (Å²) in [6, 6.07) is 33.3. The number of hydrogen-bond acceptors (Lipinski definition) is 0. The maximum Gasteiger partial charge on any atom is -0.0195 e. The van der Waals surface area contributed by atoms with E-state index >= 15 is 0 Å². The molecule has 0 aromatic heterocycles. The van der Waals surface area contributed by atoms with E-state index in [1.54, 1.807) is 5.30 Å². The molecule has 2 heteroatoms. The van der Waals surface area contributed by atoms with Gasteiger partial charge in [-0.1, -0.05) is 106 Å². The second-order valence-corrected chi connectivity index (χ2v) is 11.5. The van der Waals surface area contributed by atoms with Crippen LogP contribution in [0.5, 0.6) is 0 Å². The largest absolute Gasteiger partial charge is 0.0756 e. The molecule has 0 heterocycles. The molecule has 0 spiro atoms. The van der Waals surface area contributed by atoms with Crippen LogP contribution in [0, 0.1) is 0 Å². The fraction of sp³-hybridized carbons (Fsp3) is 0.250. The Morgan fingerprint density at radius 2 is 0.962 bits per heavy atom. The minimum atomic E-state index is -0.233. The molecule has 0 saturated heterocycles. The summed E-state index contributed by atoms with van der Waals surface area (Å²) in [6.45, 7) is 2.35. The molecule has 0 saturated carbocycles. The summed E-state index contributed by atoms with van der Waals surface area (Å²) < 4.78 is 0. The molecule has 0 aliphatic rings. The van der Waals surface area contributed by atoms with Crippen LogP contribution >= 0.6 is 15.8 Å². The van der Waals surface area contributed by atoms with Gasteiger partial charge in [0.1, 0.15) is 0 Å². The normalized spacial score (nSPS) is 12.2. The highest BCUT2D eigenvalue weighted by atomic mass is 31.1. The summed E-state index contributed by atoms with van der Waals surface area (Å²) in [5.74, 6) is 0. The van der Waals surface area contributed by atoms with Gasteiger partial charge in [0.15, 0.2) is 0 Å². The first-order chi connectivity index (χ1) is 12.9. The first-order valence-corrected chi connectivity index (χ1v) is 12.8. The highest BCUT2D eigenvalue weighted by molar-refractivity contribution is 7.73. The van der Waals surface area contributed by atoms with Crippen molar-refractivity contribution in [3.63, 3.8) is 0 Å². The van der Waals surface area contributed by atoms with Crippen LogP contribution in [0.4, 0.5) is 0 Å². The second kappa shape index (κ2) is 10.6. The molecule has 3 rings (SSSR count). The Balaban J connectivity index is 1.60. The molecule has 0 N–H and O–H groups in total. The van der Waals surface area contributed by atoms with Gasteiger partial charge in [0, 0.05) is 0 Å². The minimum absolute atomic E-state index is 0.0143. The summed E-state index contributed by atoms with van der Waals surface area (Å²) in [6.07, 6.45) is 6.62. The third kappa shape index (κ3) is 5.51. The van der Waals surface area contributed by atoms with Gasteiger partial charge >= 0.3 is 0 Å². The third-order valence-corrected chi connectivity index (χ3v) is 9.95. The van der Waals surface area contributed by atoms with E-state index in [4.69, 9.17) is 0 Å². The Labute approximate surface area is 161 Å². The monoisotopic (exact) mass is 378 g/mol. The highest BCUT2D eigenvalue weighted by Gasteiger charge is 2.14. The lowest BCUT2D eigenvalue weighted by Crippen LogP contribution is -2.14. The quantitative estimate of drug-likeness (QED) is 0.330. The van der Waals surface area contributed by atoms with Crippen LogP contribution in [0.25, 0.3) is 0 Å². The van der Waals surface area contributed by atoms with Gasteiger partial charge in [0.25, 0.3) is 0 Å². The molecule has 0 nitrogen and oxygen atoms in total. The van der Waals surface area contributed by atoms with Gasteiger partial charge in [-0.2, -0.15) is 0 Å². The highest BCUT2D eigenvalue weighted by Crippen LogP contribution is 2.38. The number of benzene rings is 3. The van der Waals surface area contributed by atoms with Crippen molar-refractivity contribution >= 4 is 31.8 Å². The van der Waals surface area contributed by atoms with Crippen LogP contribution in [0.3, 0.4) is 0 Å².